The summed E-state index contributed by atoms with van der Waals surface area (Å²) in [5.74, 6) is -5.16. The predicted octanol–water partition coefficient (Wildman–Crippen LogP) is 0.298. The fraction of sp³-hybridized carbons (Fsp3) is 0.517. The summed E-state index contributed by atoms with van der Waals surface area (Å²) in [5.41, 5.74) is 1.53. The van der Waals surface area contributed by atoms with Crippen LogP contribution in [-0.4, -0.2) is 88.3 Å². The Morgan fingerprint density at radius 1 is 0.905 bits per heavy atom. The van der Waals surface area contributed by atoms with Gasteiger partial charge in [0, 0.05) is 30.6 Å². The zero-order chi connectivity index (χ0) is 31.1. The molecule has 5 amide bonds. The number of carbonyl (C=O) groups excluding carboxylic acids is 5. The van der Waals surface area contributed by atoms with Crippen molar-refractivity contribution in [1.29, 1.82) is 0 Å². The number of benzene rings is 1. The van der Waals surface area contributed by atoms with Gasteiger partial charge in [-0.05, 0) is 29.9 Å². The Bertz CT molecular complexity index is 1340. The molecule has 1 fully saturated rings. The normalized spacial score (nSPS) is 23.2. The highest BCUT2D eigenvalue weighted by molar-refractivity contribution is 5.98. The minimum atomic E-state index is -1.51. The molecule has 2 heterocycles. The lowest BCUT2D eigenvalue weighted by Gasteiger charge is -2.27. The van der Waals surface area contributed by atoms with Crippen LogP contribution >= 0.6 is 0 Å². The Labute approximate surface area is 244 Å². The highest BCUT2D eigenvalue weighted by atomic mass is 16.4. The Morgan fingerprint density at radius 3 is 2.17 bits per heavy atom. The SMILES string of the molecule is CC(C)C[C@@H]1NC(=O)[C@@H](C(C)C)NC(=O)CN(C)C(=O)[C@@H](CC(=O)O)NC(=O)[C@@H](Cc2c[nH]c3ccccc23)NC1=O. The first kappa shape index (κ1) is 32.1. The molecule has 0 unspecified atom stereocenters. The maximum absolute atomic E-state index is 13.6. The van der Waals surface area contributed by atoms with Gasteiger partial charge in [-0.1, -0.05) is 45.9 Å². The number of carbonyl (C=O) groups is 6. The lowest BCUT2D eigenvalue weighted by Crippen LogP contribution is -2.58. The van der Waals surface area contributed by atoms with Gasteiger partial charge in [-0.15, -0.1) is 0 Å². The van der Waals surface area contributed by atoms with E-state index in [4.69, 9.17) is 0 Å². The van der Waals surface area contributed by atoms with Crippen LogP contribution < -0.4 is 21.3 Å². The molecule has 13 nitrogen and oxygen atoms in total. The van der Waals surface area contributed by atoms with E-state index in [-0.39, 0.29) is 24.7 Å². The van der Waals surface area contributed by atoms with Crippen molar-refractivity contribution in [3.05, 3.63) is 36.0 Å². The summed E-state index contributed by atoms with van der Waals surface area (Å²) in [7, 11) is 1.30. The van der Waals surface area contributed by atoms with Crippen LogP contribution in [0.15, 0.2) is 30.5 Å². The molecule has 0 radical (unpaired) electrons. The van der Waals surface area contributed by atoms with Crippen molar-refractivity contribution in [2.75, 3.05) is 13.6 Å². The van der Waals surface area contributed by atoms with Gasteiger partial charge in [0.05, 0.1) is 13.0 Å². The molecule has 13 heteroatoms. The van der Waals surface area contributed by atoms with E-state index in [9.17, 15) is 33.9 Å². The van der Waals surface area contributed by atoms with Gasteiger partial charge in [0.2, 0.25) is 29.5 Å². The van der Waals surface area contributed by atoms with E-state index >= 15 is 0 Å². The van der Waals surface area contributed by atoms with Crippen molar-refractivity contribution in [2.45, 2.75) is 71.1 Å². The fourth-order valence-corrected chi connectivity index (χ4v) is 4.93. The average Bonchev–Trinajstić information content (AvgIpc) is 3.31. The summed E-state index contributed by atoms with van der Waals surface area (Å²) < 4.78 is 0. The smallest absolute Gasteiger partial charge is 0.305 e. The molecule has 0 aliphatic carbocycles. The summed E-state index contributed by atoms with van der Waals surface area (Å²) in [4.78, 5) is 82.4. The largest absolute Gasteiger partial charge is 0.481 e. The molecule has 6 N–H and O–H groups in total. The third-order valence-electron chi connectivity index (χ3n) is 7.09. The summed E-state index contributed by atoms with van der Waals surface area (Å²) in [6.45, 7) is 6.74. The monoisotopic (exact) mass is 584 g/mol. The molecule has 1 aromatic heterocycles. The van der Waals surface area contributed by atoms with Crippen molar-refractivity contribution in [3.63, 3.8) is 0 Å². The van der Waals surface area contributed by atoms with E-state index in [1.165, 1.54) is 7.05 Å². The maximum Gasteiger partial charge on any atom is 0.305 e. The molecule has 1 saturated heterocycles. The van der Waals surface area contributed by atoms with Crippen molar-refractivity contribution >= 4 is 46.4 Å². The molecule has 0 saturated carbocycles. The number of aromatic amines is 1. The zero-order valence-corrected chi connectivity index (χ0v) is 24.5. The van der Waals surface area contributed by atoms with Gasteiger partial charge in [0.1, 0.15) is 24.2 Å². The minimum Gasteiger partial charge on any atom is -0.481 e. The van der Waals surface area contributed by atoms with Gasteiger partial charge in [0.15, 0.2) is 0 Å². The predicted molar refractivity (Wildman–Crippen MR) is 154 cm³/mol. The number of para-hydroxylation sites is 1. The molecule has 228 valence electrons. The number of likely N-dealkylation sites (N-methyl/N-ethyl adjacent to an activating group) is 1. The van der Waals surface area contributed by atoms with E-state index in [2.05, 4.69) is 26.3 Å². The van der Waals surface area contributed by atoms with E-state index in [0.29, 0.717) is 5.56 Å². The molecule has 1 aromatic carbocycles. The molecule has 4 atom stereocenters. The third-order valence-corrected chi connectivity index (χ3v) is 7.09. The number of hydrogen-bond acceptors (Lipinski definition) is 6. The lowest BCUT2D eigenvalue weighted by molar-refractivity contribution is -0.144. The van der Waals surface area contributed by atoms with Crippen molar-refractivity contribution in [1.82, 2.24) is 31.2 Å². The topological polar surface area (TPSA) is 190 Å². The van der Waals surface area contributed by atoms with Crippen LogP contribution in [0.1, 0.15) is 46.1 Å². The van der Waals surface area contributed by atoms with E-state index in [1.54, 1.807) is 20.0 Å². The van der Waals surface area contributed by atoms with Gasteiger partial charge < -0.3 is 36.3 Å². The van der Waals surface area contributed by atoms with E-state index in [0.717, 1.165) is 15.8 Å². The van der Waals surface area contributed by atoms with Gasteiger partial charge >= 0.3 is 5.97 Å². The quantitative estimate of drug-likeness (QED) is 0.270. The maximum atomic E-state index is 13.6. The summed E-state index contributed by atoms with van der Waals surface area (Å²) in [6, 6.07) is 2.64. The highest BCUT2D eigenvalue weighted by Crippen LogP contribution is 2.20. The summed E-state index contributed by atoms with van der Waals surface area (Å²) >= 11 is 0. The van der Waals surface area contributed by atoms with Crippen LogP contribution in [0, 0.1) is 11.8 Å². The first-order valence-corrected chi connectivity index (χ1v) is 14.0. The Kier molecular flexibility index (Phi) is 10.7. The first-order chi connectivity index (χ1) is 19.8. The Morgan fingerprint density at radius 2 is 1.52 bits per heavy atom. The van der Waals surface area contributed by atoms with Gasteiger partial charge in [0.25, 0.3) is 0 Å². The fourth-order valence-electron chi connectivity index (χ4n) is 4.93. The number of fused-ring (bicyclic) bond motifs is 1. The molecule has 2 aromatic rings. The molecule has 0 spiro atoms. The van der Waals surface area contributed by atoms with Crippen molar-refractivity contribution in [3.8, 4) is 0 Å². The lowest BCUT2D eigenvalue weighted by atomic mass is 9.99. The summed E-state index contributed by atoms with van der Waals surface area (Å²) in [6.07, 6.45) is 1.24. The number of amides is 5. The zero-order valence-electron chi connectivity index (χ0n) is 24.5. The van der Waals surface area contributed by atoms with Gasteiger partial charge in [-0.2, -0.15) is 0 Å². The van der Waals surface area contributed by atoms with Crippen molar-refractivity contribution in [2.24, 2.45) is 11.8 Å². The Balaban J connectivity index is 2.05. The van der Waals surface area contributed by atoms with Gasteiger partial charge in [-0.25, -0.2) is 0 Å². The molecular weight excluding hydrogens is 544 g/mol. The number of nitrogens with zero attached hydrogens (tertiary/aromatic N) is 1. The molecular formula is C29H40N6O7. The van der Waals surface area contributed by atoms with Crippen LogP contribution in [0.25, 0.3) is 10.9 Å². The standard InChI is InChI=1S/C29H40N6O7/c1-15(2)10-20-26(39)31-21(11-17-13-30-19-9-7-6-8-18(17)19)27(40)33-22(12-24(37)38)29(42)35(5)14-23(36)34-25(16(3)4)28(41)32-20/h6-9,13,15-16,20-22,25,30H,10-12,14H2,1-5H3,(H,31,39)(H,32,41)(H,33,40)(H,34,36)(H,37,38)/t20-,21+,22+,25+/m0/s1. The van der Waals surface area contributed by atoms with Crippen LogP contribution in [-0.2, 0) is 35.2 Å². The minimum absolute atomic E-state index is 0.0117. The van der Waals surface area contributed by atoms with Crippen LogP contribution in [0.5, 0.6) is 0 Å². The number of aliphatic carboxylic acids is 1. The second kappa shape index (κ2) is 14.0. The summed E-state index contributed by atoms with van der Waals surface area (Å²) in [5, 5.41) is 20.9. The number of carboxylic acids is 1. The molecule has 1 aliphatic rings. The molecule has 0 bridgehead atoms. The number of carboxylic acid groups (broad SMARTS) is 1. The van der Waals surface area contributed by atoms with E-state index < -0.39 is 72.6 Å². The number of nitrogens with one attached hydrogen (secondary N) is 5. The number of aromatic nitrogens is 1. The van der Waals surface area contributed by atoms with E-state index in [1.807, 2.05) is 38.1 Å². The third kappa shape index (κ3) is 8.30. The van der Waals surface area contributed by atoms with Crippen molar-refractivity contribution < 1.29 is 33.9 Å². The van der Waals surface area contributed by atoms with Crippen LogP contribution in [0.3, 0.4) is 0 Å². The van der Waals surface area contributed by atoms with Gasteiger partial charge in [-0.3, -0.25) is 28.8 Å². The second-order valence-electron chi connectivity index (χ2n) is 11.5. The first-order valence-electron chi connectivity index (χ1n) is 14.0. The Hall–Kier alpha value is -4.42. The number of rotatable bonds is 7. The van der Waals surface area contributed by atoms with Crippen LogP contribution in [0.2, 0.25) is 0 Å². The highest BCUT2D eigenvalue weighted by Gasteiger charge is 2.35. The molecule has 3 rings (SSSR count). The van der Waals surface area contributed by atoms with Crippen LogP contribution in [0.4, 0.5) is 0 Å². The number of hydrogen-bond donors (Lipinski definition) is 6. The second-order valence-corrected chi connectivity index (χ2v) is 11.5. The molecule has 42 heavy (non-hydrogen) atoms. The number of H-pyrrole nitrogens is 1. The molecule has 1 aliphatic heterocycles. The average molecular weight is 585 g/mol.